The molecular weight excluding hydrogens is 1220 g/mol. The molecule has 25 heteroatoms. The van der Waals surface area contributed by atoms with Gasteiger partial charge in [0.05, 0.1) is 138 Å². The molecule has 0 saturated heterocycles. The summed E-state index contributed by atoms with van der Waals surface area (Å²) in [7, 11) is 1.65. The highest BCUT2D eigenvalue weighted by atomic mass is 16.6. The number of nitrogens with one attached hydrogen (secondary N) is 5. The number of benzene rings is 4. The van der Waals surface area contributed by atoms with Gasteiger partial charge in [-0.2, -0.15) is 0 Å². The molecule has 0 unspecified atom stereocenters. The van der Waals surface area contributed by atoms with Crippen LogP contribution in [0.3, 0.4) is 0 Å². The first-order valence-corrected chi connectivity index (χ1v) is 32.7. The highest BCUT2D eigenvalue weighted by molar-refractivity contribution is 6.12. The number of carbonyl (C=O) groups is 6. The Balaban J connectivity index is 0.621. The van der Waals surface area contributed by atoms with E-state index in [1.807, 2.05) is 48.5 Å². The second-order valence-electron chi connectivity index (χ2n) is 22.7. The van der Waals surface area contributed by atoms with Crippen LogP contribution in [0.4, 0.5) is 5.69 Å². The molecular formula is C70H94N9O16. The number of methoxy groups -OCH3 is 1. The van der Waals surface area contributed by atoms with Gasteiger partial charge in [-0.15, -0.1) is 5.10 Å². The van der Waals surface area contributed by atoms with E-state index >= 15 is 0 Å². The predicted octanol–water partition coefficient (Wildman–Crippen LogP) is 4.96. The molecule has 0 bridgehead atoms. The van der Waals surface area contributed by atoms with E-state index in [0.29, 0.717) is 162 Å². The van der Waals surface area contributed by atoms with Crippen LogP contribution in [0.5, 0.6) is 5.75 Å². The molecule has 6 amide bonds. The molecule has 2 heterocycles. The Kier molecular flexibility index (Phi) is 34.0. The first kappa shape index (κ1) is 74.6. The van der Waals surface area contributed by atoms with Gasteiger partial charge >= 0.3 is 0 Å². The maximum absolute atomic E-state index is 13.7. The zero-order valence-electron chi connectivity index (χ0n) is 54.6. The van der Waals surface area contributed by atoms with Crippen molar-refractivity contribution < 1.29 is 76.1 Å². The molecule has 515 valence electrons. The Bertz CT molecular complexity index is 3000. The molecule has 5 N–H and O–H groups in total. The Morgan fingerprint density at radius 1 is 0.579 bits per heavy atom. The van der Waals surface area contributed by atoms with Gasteiger partial charge in [0.2, 0.25) is 23.6 Å². The van der Waals surface area contributed by atoms with Crippen LogP contribution in [-0.4, -0.2) is 207 Å². The third kappa shape index (κ3) is 27.1. The van der Waals surface area contributed by atoms with Crippen LogP contribution >= 0.6 is 0 Å². The van der Waals surface area contributed by atoms with Crippen LogP contribution in [-0.2, 0) is 90.0 Å². The smallest absolute Gasteiger partial charge is 0.253 e. The number of carbonyl (C=O) groups excluding carboxylic acids is 6. The minimum Gasteiger partial charge on any atom is -0.497 e. The van der Waals surface area contributed by atoms with Crippen molar-refractivity contribution in [3.05, 3.63) is 162 Å². The van der Waals surface area contributed by atoms with Crippen molar-refractivity contribution in [1.29, 1.82) is 0 Å². The number of hydrogen-bond acceptors (Lipinski definition) is 19. The molecule has 1 aliphatic heterocycles. The summed E-state index contributed by atoms with van der Waals surface area (Å²) < 4.78 is 57.2. The van der Waals surface area contributed by atoms with Crippen LogP contribution in [0.2, 0.25) is 0 Å². The highest BCUT2D eigenvalue weighted by Crippen LogP contribution is 2.38. The maximum Gasteiger partial charge on any atom is 0.253 e. The SMILES string of the molecule is [CH2]c1ccc(NC(=O)[C@H](CCCCNC(c2ccccc2)(c2ccccc2)c2ccc(OC)cc2)NC(=O)COCC(=O)NCCOCCOCCOCCOCCOCCOCCOCCOCCn2cc(CNC(=O)C3CCC(CN4C(=O)C=CC4=O)CC3)nn2)cc1. The van der Waals surface area contributed by atoms with Gasteiger partial charge in [-0.25, -0.2) is 4.68 Å². The van der Waals surface area contributed by atoms with E-state index in [-0.39, 0.29) is 61.8 Å². The van der Waals surface area contributed by atoms with Crippen LogP contribution in [0.1, 0.15) is 72.9 Å². The van der Waals surface area contributed by atoms with E-state index < -0.39 is 30.0 Å². The summed E-state index contributed by atoms with van der Waals surface area (Å²) in [5.41, 5.74) is 4.50. The molecule has 95 heavy (non-hydrogen) atoms. The normalized spacial score (nSPS) is 15.0. The fourth-order valence-electron chi connectivity index (χ4n) is 10.8. The van der Waals surface area contributed by atoms with E-state index in [0.717, 1.165) is 40.8 Å². The van der Waals surface area contributed by atoms with Crippen LogP contribution in [0, 0.1) is 18.8 Å². The lowest BCUT2D eigenvalue weighted by Gasteiger charge is -2.37. The number of ether oxygens (including phenoxy) is 10. The van der Waals surface area contributed by atoms with Crippen LogP contribution < -0.4 is 31.3 Å². The summed E-state index contributed by atoms with van der Waals surface area (Å²) in [4.78, 5) is 77.1. The second-order valence-corrected chi connectivity index (χ2v) is 22.7. The average molecular weight is 1320 g/mol. The van der Waals surface area contributed by atoms with Crippen LogP contribution in [0.15, 0.2) is 128 Å². The summed E-state index contributed by atoms with van der Waals surface area (Å²) in [6.45, 7) is 11.6. The molecule has 1 atom stereocenters. The van der Waals surface area contributed by atoms with Gasteiger partial charge in [0.1, 0.15) is 30.7 Å². The quantitative estimate of drug-likeness (QED) is 0.0195. The monoisotopic (exact) mass is 1320 g/mol. The van der Waals surface area contributed by atoms with Crippen molar-refractivity contribution in [3.8, 4) is 5.75 Å². The Morgan fingerprint density at radius 3 is 1.64 bits per heavy atom. The predicted molar refractivity (Wildman–Crippen MR) is 353 cm³/mol. The first-order valence-electron chi connectivity index (χ1n) is 32.7. The first-order chi connectivity index (χ1) is 46.5. The van der Waals surface area contributed by atoms with Gasteiger partial charge in [-0.05, 0) is 111 Å². The molecule has 1 aromatic heterocycles. The summed E-state index contributed by atoms with van der Waals surface area (Å²) >= 11 is 0. The van der Waals surface area contributed by atoms with Gasteiger partial charge in [0.15, 0.2) is 0 Å². The summed E-state index contributed by atoms with van der Waals surface area (Å²) in [5, 5.41) is 23.5. The number of rotatable bonds is 49. The van der Waals surface area contributed by atoms with Crippen molar-refractivity contribution in [2.24, 2.45) is 11.8 Å². The Hall–Kier alpha value is -7.82. The van der Waals surface area contributed by atoms with E-state index in [1.54, 1.807) is 42.3 Å². The highest BCUT2D eigenvalue weighted by Gasteiger charge is 2.36. The third-order valence-electron chi connectivity index (χ3n) is 15.8. The minimum absolute atomic E-state index is 0.0207. The molecule has 4 aromatic carbocycles. The lowest BCUT2D eigenvalue weighted by molar-refractivity contribution is -0.138. The molecule has 2 aliphatic rings. The Morgan fingerprint density at radius 2 is 1.09 bits per heavy atom. The zero-order chi connectivity index (χ0) is 67.0. The lowest BCUT2D eigenvalue weighted by Crippen LogP contribution is -2.46. The van der Waals surface area contributed by atoms with E-state index in [9.17, 15) is 28.8 Å². The molecule has 5 aromatic rings. The zero-order valence-corrected chi connectivity index (χ0v) is 54.6. The number of hydrogen-bond donors (Lipinski definition) is 5. The van der Waals surface area contributed by atoms with Crippen molar-refractivity contribution >= 4 is 41.1 Å². The van der Waals surface area contributed by atoms with Gasteiger partial charge in [-0.1, -0.05) is 90.1 Å². The number of imide groups is 1. The third-order valence-corrected chi connectivity index (χ3v) is 15.8. The Labute approximate surface area is 556 Å². The molecule has 1 fully saturated rings. The minimum atomic E-state index is -0.877. The number of anilines is 1. The van der Waals surface area contributed by atoms with E-state index in [2.05, 4.69) is 80.2 Å². The summed E-state index contributed by atoms with van der Waals surface area (Å²) in [6, 6.07) is 34.8. The van der Waals surface area contributed by atoms with E-state index in [1.165, 1.54) is 17.1 Å². The number of aromatic nitrogens is 3. The van der Waals surface area contributed by atoms with Crippen molar-refractivity contribution in [2.75, 3.05) is 151 Å². The summed E-state index contributed by atoms with van der Waals surface area (Å²) in [5.74, 6) is -1.00. The summed E-state index contributed by atoms with van der Waals surface area (Å²) in [6.07, 6.45) is 9.03. The second kappa shape index (κ2) is 43.3. The van der Waals surface area contributed by atoms with Crippen molar-refractivity contribution in [1.82, 2.24) is 41.2 Å². The standard InChI is InChI=1S/C70H94N9O16/c1-54-16-24-60(25-17-54)74-69(85)63(15-9-10-30-73-70(57-11-5-3-6-12-57,58-13-7-4-8-14-58)59-22-26-62(86-2)27-23-59)75-65(81)53-95-52-64(80)71-31-33-87-35-37-89-39-41-91-43-45-93-47-48-94-46-44-92-42-40-90-38-36-88-34-32-78-51-61(76-77-78)49-72-68(84)56-20-18-55(19-21-56)50-79-66(82)28-29-67(79)83/h3-8,11-14,16-17,22-29,51,55-56,63,73H,1,9-10,15,18-21,30-50,52-53H2,2H3,(H,71,80)(H,72,84)(H,74,85)(H,75,81)/t55?,56?,63-/m0/s1. The van der Waals surface area contributed by atoms with Gasteiger partial charge < -0.3 is 68.6 Å². The van der Waals surface area contributed by atoms with Gasteiger partial charge in [-0.3, -0.25) is 39.0 Å². The molecule has 1 radical (unpaired) electrons. The number of amides is 6. The molecule has 7 rings (SSSR count). The fourth-order valence-corrected chi connectivity index (χ4v) is 10.8. The van der Waals surface area contributed by atoms with Crippen molar-refractivity contribution in [3.63, 3.8) is 0 Å². The van der Waals surface area contributed by atoms with Gasteiger partial charge in [0.25, 0.3) is 11.8 Å². The topological polar surface area (TPSA) is 289 Å². The molecule has 0 spiro atoms. The maximum atomic E-state index is 13.7. The van der Waals surface area contributed by atoms with Crippen LogP contribution in [0.25, 0.3) is 0 Å². The lowest BCUT2D eigenvalue weighted by atomic mass is 9.77. The number of unbranched alkanes of at least 4 members (excludes halogenated alkanes) is 1. The average Bonchev–Trinajstić information content (AvgIpc) is 1.19. The molecule has 1 aliphatic carbocycles. The fraction of sp³-hybridized carbons (Fsp3) is 0.500. The van der Waals surface area contributed by atoms with Gasteiger partial charge in [0, 0.05) is 36.8 Å². The number of nitrogens with zero attached hydrogens (tertiary/aromatic N) is 4. The van der Waals surface area contributed by atoms with Crippen molar-refractivity contribution in [2.45, 2.75) is 69.6 Å². The molecule has 25 nitrogen and oxygen atoms in total. The largest absolute Gasteiger partial charge is 0.497 e. The molecule has 1 saturated carbocycles. The van der Waals surface area contributed by atoms with E-state index in [4.69, 9.17) is 47.4 Å².